The molecule has 2 rings (SSSR count). The standard InChI is InChI=1S/C13H16Cl2N2O/c1-8-5-6-16-7-11(8)17-13(18)9-3-2-4-10(14)12(9)15/h2-4,8,11,16H,5-7H2,1H3,(H,17,18). The van der Waals surface area contributed by atoms with Crippen LogP contribution < -0.4 is 10.6 Å². The minimum absolute atomic E-state index is 0.140. The number of amides is 1. The average Bonchev–Trinajstić information content (AvgIpc) is 2.35. The Kier molecular flexibility index (Phi) is 4.49. The predicted octanol–water partition coefficient (Wildman–Crippen LogP) is 2.72. The van der Waals surface area contributed by atoms with E-state index in [0.717, 1.165) is 19.5 Å². The van der Waals surface area contributed by atoms with E-state index >= 15 is 0 Å². The van der Waals surface area contributed by atoms with Gasteiger partial charge in [0.05, 0.1) is 15.6 Å². The lowest BCUT2D eigenvalue weighted by Crippen LogP contribution is -2.50. The maximum atomic E-state index is 12.1. The van der Waals surface area contributed by atoms with Crippen LogP contribution in [0.4, 0.5) is 0 Å². The molecule has 1 aliphatic rings. The lowest BCUT2D eigenvalue weighted by molar-refractivity contribution is 0.0915. The topological polar surface area (TPSA) is 41.1 Å². The molecule has 0 saturated carbocycles. The summed E-state index contributed by atoms with van der Waals surface area (Å²) in [7, 11) is 0. The number of rotatable bonds is 2. The number of hydrogen-bond donors (Lipinski definition) is 2. The Labute approximate surface area is 117 Å². The molecular weight excluding hydrogens is 271 g/mol. The predicted molar refractivity (Wildman–Crippen MR) is 74.4 cm³/mol. The Bertz CT molecular complexity index is 451. The van der Waals surface area contributed by atoms with E-state index in [4.69, 9.17) is 23.2 Å². The molecule has 1 heterocycles. The average molecular weight is 287 g/mol. The first kappa shape index (κ1) is 13.7. The molecular formula is C13H16Cl2N2O. The number of benzene rings is 1. The molecule has 2 N–H and O–H groups in total. The second kappa shape index (κ2) is 5.91. The molecule has 0 radical (unpaired) electrons. The summed E-state index contributed by atoms with van der Waals surface area (Å²) < 4.78 is 0. The van der Waals surface area contributed by atoms with Gasteiger partial charge in [0.25, 0.3) is 5.91 Å². The molecule has 1 fully saturated rings. The summed E-state index contributed by atoms with van der Waals surface area (Å²) in [6, 6.07) is 5.23. The molecule has 1 aromatic rings. The molecule has 2 atom stereocenters. The summed E-state index contributed by atoms with van der Waals surface area (Å²) in [5.74, 6) is 0.302. The van der Waals surface area contributed by atoms with Crippen molar-refractivity contribution in [3.05, 3.63) is 33.8 Å². The molecule has 0 spiro atoms. The lowest BCUT2D eigenvalue weighted by Gasteiger charge is -2.30. The Balaban J connectivity index is 2.09. The molecule has 1 aliphatic heterocycles. The van der Waals surface area contributed by atoms with Crippen LogP contribution in [0.2, 0.25) is 10.0 Å². The van der Waals surface area contributed by atoms with E-state index in [0.29, 0.717) is 21.5 Å². The molecule has 1 aromatic carbocycles. The van der Waals surface area contributed by atoms with Gasteiger partial charge < -0.3 is 10.6 Å². The van der Waals surface area contributed by atoms with E-state index in [9.17, 15) is 4.79 Å². The molecule has 5 heteroatoms. The third-order valence-corrected chi connectivity index (χ3v) is 4.16. The zero-order valence-corrected chi connectivity index (χ0v) is 11.7. The van der Waals surface area contributed by atoms with Gasteiger partial charge in [-0.25, -0.2) is 0 Å². The van der Waals surface area contributed by atoms with E-state index in [1.165, 1.54) is 0 Å². The first-order valence-corrected chi connectivity index (χ1v) is 6.80. The Morgan fingerprint density at radius 1 is 1.44 bits per heavy atom. The van der Waals surface area contributed by atoms with Gasteiger partial charge in [0.1, 0.15) is 0 Å². The van der Waals surface area contributed by atoms with Crippen LogP contribution in [0.3, 0.4) is 0 Å². The SMILES string of the molecule is CC1CCNCC1NC(=O)c1cccc(Cl)c1Cl. The van der Waals surface area contributed by atoms with Gasteiger partial charge in [-0.2, -0.15) is 0 Å². The van der Waals surface area contributed by atoms with Crippen molar-refractivity contribution in [3.8, 4) is 0 Å². The van der Waals surface area contributed by atoms with Gasteiger partial charge in [0.15, 0.2) is 0 Å². The van der Waals surface area contributed by atoms with E-state index < -0.39 is 0 Å². The Hall–Kier alpha value is -0.770. The van der Waals surface area contributed by atoms with Gasteiger partial charge in [-0.05, 0) is 31.0 Å². The van der Waals surface area contributed by atoms with Crippen molar-refractivity contribution < 1.29 is 4.79 Å². The van der Waals surface area contributed by atoms with Gasteiger partial charge >= 0.3 is 0 Å². The second-order valence-corrected chi connectivity index (χ2v) is 5.44. The first-order valence-electron chi connectivity index (χ1n) is 6.05. The summed E-state index contributed by atoms with van der Waals surface area (Å²) in [6.45, 7) is 3.95. The molecule has 18 heavy (non-hydrogen) atoms. The molecule has 98 valence electrons. The third-order valence-electron chi connectivity index (χ3n) is 3.34. The van der Waals surface area contributed by atoms with Crippen LogP contribution in [-0.2, 0) is 0 Å². The number of carbonyl (C=O) groups is 1. The molecule has 0 aromatic heterocycles. The minimum atomic E-state index is -0.164. The van der Waals surface area contributed by atoms with Crippen molar-refractivity contribution >= 4 is 29.1 Å². The third kappa shape index (κ3) is 2.97. The Morgan fingerprint density at radius 2 is 2.22 bits per heavy atom. The fourth-order valence-corrected chi connectivity index (χ4v) is 2.49. The Morgan fingerprint density at radius 3 is 2.94 bits per heavy atom. The zero-order chi connectivity index (χ0) is 13.1. The van der Waals surface area contributed by atoms with Crippen molar-refractivity contribution in [2.75, 3.05) is 13.1 Å². The van der Waals surface area contributed by atoms with Crippen LogP contribution in [0.5, 0.6) is 0 Å². The van der Waals surface area contributed by atoms with Gasteiger partial charge in [0, 0.05) is 12.6 Å². The summed E-state index contributed by atoms with van der Waals surface area (Å²) in [6.07, 6.45) is 1.06. The zero-order valence-electron chi connectivity index (χ0n) is 10.2. The largest absolute Gasteiger partial charge is 0.348 e. The molecule has 1 saturated heterocycles. The quantitative estimate of drug-likeness (QED) is 0.878. The van der Waals surface area contributed by atoms with E-state index in [2.05, 4.69) is 17.6 Å². The van der Waals surface area contributed by atoms with E-state index in [-0.39, 0.29) is 11.9 Å². The summed E-state index contributed by atoms with van der Waals surface area (Å²) in [5, 5.41) is 7.00. The molecule has 3 nitrogen and oxygen atoms in total. The highest BCUT2D eigenvalue weighted by molar-refractivity contribution is 6.43. The maximum absolute atomic E-state index is 12.1. The molecule has 0 bridgehead atoms. The summed E-state index contributed by atoms with van der Waals surface area (Å²) >= 11 is 11.9. The first-order chi connectivity index (χ1) is 8.59. The monoisotopic (exact) mass is 286 g/mol. The fourth-order valence-electron chi connectivity index (χ4n) is 2.11. The summed E-state index contributed by atoms with van der Waals surface area (Å²) in [5.41, 5.74) is 0.432. The van der Waals surface area contributed by atoms with E-state index in [1.807, 2.05) is 0 Å². The second-order valence-electron chi connectivity index (χ2n) is 4.65. The van der Waals surface area contributed by atoms with Gasteiger partial charge in [0.2, 0.25) is 0 Å². The van der Waals surface area contributed by atoms with Crippen molar-refractivity contribution in [2.24, 2.45) is 5.92 Å². The van der Waals surface area contributed by atoms with Gasteiger partial charge in [-0.3, -0.25) is 4.79 Å². The van der Waals surface area contributed by atoms with Crippen molar-refractivity contribution in [3.63, 3.8) is 0 Å². The van der Waals surface area contributed by atoms with Crippen LogP contribution in [0, 0.1) is 5.92 Å². The molecule has 1 amide bonds. The van der Waals surface area contributed by atoms with Crippen LogP contribution in [0.1, 0.15) is 23.7 Å². The van der Waals surface area contributed by atoms with E-state index in [1.54, 1.807) is 18.2 Å². The van der Waals surface area contributed by atoms with Crippen molar-refractivity contribution in [1.29, 1.82) is 0 Å². The number of nitrogens with one attached hydrogen (secondary N) is 2. The van der Waals surface area contributed by atoms with Gasteiger partial charge in [-0.1, -0.05) is 36.2 Å². The van der Waals surface area contributed by atoms with Crippen LogP contribution in [0.25, 0.3) is 0 Å². The number of hydrogen-bond acceptors (Lipinski definition) is 2. The van der Waals surface area contributed by atoms with Gasteiger partial charge in [-0.15, -0.1) is 0 Å². The smallest absolute Gasteiger partial charge is 0.253 e. The minimum Gasteiger partial charge on any atom is -0.348 e. The van der Waals surface area contributed by atoms with Crippen molar-refractivity contribution in [2.45, 2.75) is 19.4 Å². The number of carbonyl (C=O) groups excluding carboxylic acids is 1. The molecule has 2 unspecified atom stereocenters. The summed E-state index contributed by atoms with van der Waals surface area (Å²) in [4.78, 5) is 12.1. The van der Waals surface area contributed by atoms with Crippen LogP contribution in [-0.4, -0.2) is 25.0 Å². The normalized spacial score (nSPS) is 23.7. The maximum Gasteiger partial charge on any atom is 0.253 e. The van der Waals surface area contributed by atoms with Crippen LogP contribution in [0.15, 0.2) is 18.2 Å². The highest BCUT2D eigenvalue weighted by Gasteiger charge is 2.24. The number of halogens is 2. The highest BCUT2D eigenvalue weighted by Crippen LogP contribution is 2.25. The van der Waals surface area contributed by atoms with Crippen molar-refractivity contribution in [1.82, 2.24) is 10.6 Å². The fraction of sp³-hybridized carbons (Fsp3) is 0.462. The number of piperidine rings is 1. The lowest BCUT2D eigenvalue weighted by atomic mass is 9.94. The highest BCUT2D eigenvalue weighted by atomic mass is 35.5. The van der Waals surface area contributed by atoms with Crippen LogP contribution >= 0.6 is 23.2 Å². The molecule has 0 aliphatic carbocycles.